The van der Waals surface area contributed by atoms with Gasteiger partial charge in [-0.2, -0.15) is 8.78 Å². The number of benzene rings is 1. The number of anilines is 1. The summed E-state index contributed by atoms with van der Waals surface area (Å²) >= 11 is 0. The van der Waals surface area contributed by atoms with Crippen LogP contribution in [0.3, 0.4) is 0 Å². The molecule has 2 saturated heterocycles. The molecule has 31 heavy (non-hydrogen) atoms. The number of rotatable bonds is 7. The molecule has 172 valence electrons. The van der Waals surface area contributed by atoms with Crippen molar-refractivity contribution in [2.75, 3.05) is 51.1 Å². The van der Waals surface area contributed by atoms with Gasteiger partial charge in [-0.15, -0.1) is 0 Å². The first-order chi connectivity index (χ1) is 14.9. The summed E-state index contributed by atoms with van der Waals surface area (Å²) in [5.41, 5.74) is 0.528. The molecule has 0 bridgehead atoms. The van der Waals surface area contributed by atoms with Crippen molar-refractivity contribution in [2.24, 2.45) is 0 Å². The molecular weight excluding hydrogens is 406 g/mol. The van der Waals surface area contributed by atoms with Gasteiger partial charge in [0.15, 0.2) is 0 Å². The van der Waals surface area contributed by atoms with E-state index in [1.807, 2.05) is 11.8 Å². The largest absolute Gasteiger partial charge is 0.435 e. The molecule has 0 aliphatic carbocycles. The van der Waals surface area contributed by atoms with E-state index in [0.717, 1.165) is 39.0 Å². The summed E-state index contributed by atoms with van der Waals surface area (Å²) in [7, 11) is 0. The van der Waals surface area contributed by atoms with Crippen LogP contribution in [-0.2, 0) is 9.59 Å². The zero-order valence-corrected chi connectivity index (χ0v) is 18.1. The molecule has 0 spiro atoms. The number of ether oxygens (including phenoxy) is 1. The van der Waals surface area contributed by atoms with Crippen molar-refractivity contribution < 1.29 is 23.1 Å². The van der Waals surface area contributed by atoms with Gasteiger partial charge < -0.3 is 15.0 Å². The predicted octanol–water partition coefficient (Wildman–Crippen LogP) is 2.64. The van der Waals surface area contributed by atoms with Crippen LogP contribution in [0.1, 0.15) is 32.6 Å². The zero-order valence-electron chi connectivity index (χ0n) is 18.1. The standard InChI is InChI=1S/C22H32F2N4O3/c1-17(21(30)25-18-6-8-19(9-7-18)31-22(23)24)27-14-12-26(13-15-27)16-20(29)28-10-4-2-3-5-11-28/h6-9,17,22H,2-5,10-16H2,1H3,(H,25,30)/t17-/m1/s1. The Morgan fingerprint density at radius 2 is 1.58 bits per heavy atom. The van der Waals surface area contributed by atoms with E-state index in [1.165, 1.54) is 37.1 Å². The third-order valence-corrected chi connectivity index (χ3v) is 6.00. The number of hydrogen-bond donors (Lipinski definition) is 1. The zero-order chi connectivity index (χ0) is 22.2. The Hall–Kier alpha value is -2.26. The predicted molar refractivity (Wildman–Crippen MR) is 114 cm³/mol. The number of likely N-dealkylation sites (tertiary alicyclic amines) is 1. The fourth-order valence-corrected chi connectivity index (χ4v) is 4.05. The number of carbonyl (C=O) groups is 2. The Labute approximate surface area is 182 Å². The molecule has 2 fully saturated rings. The molecule has 9 heteroatoms. The number of hydrogen-bond acceptors (Lipinski definition) is 5. The van der Waals surface area contributed by atoms with E-state index in [9.17, 15) is 18.4 Å². The number of halogens is 2. The summed E-state index contributed by atoms with van der Waals surface area (Å²) in [6.07, 6.45) is 4.59. The fourth-order valence-electron chi connectivity index (χ4n) is 4.05. The van der Waals surface area contributed by atoms with E-state index in [-0.39, 0.29) is 23.6 Å². The normalized spacial score (nSPS) is 19.7. The van der Waals surface area contributed by atoms with E-state index in [2.05, 4.69) is 19.9 Å². The number of alkyl halides is 2. The Bertz CT molecular complexity index is 716. The molecule has 2 amide bonds. The molecule has 0 unspecified atom stereocenters. The molecule has 0 aromatic heterocycles. The van der Waals surface area contributed by atoms with Crippen LogP contribution in [0.25, 0.3) is 0 Å². The van der Waals surface area contributed by atoms with Gasteiger partial charge in [-0.3, -0.25) is 19.4 Å². The highest BCUT2D eigenvalue weighted by Crippen LogP contribution is 2.18. The van der Waals surface area contributed by atoms with Crippen molar-refractivity contribution in [3.63, 3.8) is 0 Å². The smallest absolute Gasteiger partial charge is 0.387 e. The summed E-state index contributed by atoms with van der Waals surface area (Å²) in [4.78, 5) is 31.4. The molecule has 1 aromatic carbocycles. The highest BCUT2D eigenvalue weighted by molar-refractivity contribution is 5.94. The molecule has 0 saturated carbocycles. The van der Waals surface area contributed by atoms with Crippen molar-refractivity contribution in [3.05, 3.63) is 24.3 Å². The second-order valence-corrected chi connectivity index (χ2v) is 8.18. The van der Waals surface area contributed by atoms with Gasteiger partial charge in [-0.05, 0) is 44.0 Å². The average molecular weight is 439 g/mol. The summed E-state index contributed by atoms with van der Waals surface area (Å²) in [5.74, 6) is 0.101. The van der Waals surface area contributed by atoms with Gasteiger partial charge >= 0.3 is 6.61 Å². The van der Waals surface area contributed by atoms with Crippen molar-refractivity contribution in [1.82, 2.24) is 14.7 Å². The van der Waals surface area contributed by atoms with Gasteiger partial charge in [0.1, 0.15) is 5.75 Å². The number of nitrogens with zero attached hydrogens (tertiary/aromatic N) is 3. The third-order valence-electron chi connectivity index (χ3n) is 6.00. The van der Waals surface area contributed by atoms with Gasteiger partial charge in [0.25, 0.3) is 0 Å². The van der Waals surface area contributed by atoms with Crippen molar-refractivity contribution in [2.45, 2.75) is 45.3 Å². The van der Waals surface area contributed by atoms with Crippen LogP contribution in [-0.4, -0.2) is 85.0 Å². The van der Waals surface area contributed by atoms with E-state index in [1.54, 1.807) is 0 Å². The van der Waals surface area contributed by atoms with Gasteiger partial charge in [0.05, 0.1) is 12.6 Å². The number of nitrogens with one attached hydrogen (secondary N) is 1. The van der Waals surface area contributed by atoms with Gasteiger partial charge in [-0.1, -0.05) is 12.8 Å². The molecular formula is C22H32F2N4O3. The minimum atomic E-state index is -2.88. The Morgan fingerprint density at radius 1 is 0.968 bits per heavy atom. The van der Waals surface area contributed by atoms with E-state index < -0.39 is 6.61 Å². The van der Waals surface area contributed by atoms with Crippen LogP contribution in [0.5, 0.6) is 5.75 Å². The first-order valence-corrected chi connectivity index (χ1v) is 11.0. The Balaban J connectivity index is 1.42. The Kier molecular flexibility index (Phi) is 8.60. The third kappa shape index (κ3) is 7.14. The van der Waals surface area contributed by atoms with Crippen LogP contribution in [0.4, 0.5) is 14.5 Å². The molecule has 3 rings (SSSR count). The maximum atomic E-state index is 12.6. The van der Waals surface area contributed by atoms with Crippen molar-refractivity contribution in [1.29, 1.82) is 0 Å². The highest BCUT2D eigenvalue weighted by Gasteiger charge is 2.27. The lowest BCUT2D eigenvalue weighted by atomic mass is 10.2. The summed E-state index contributed by atoms with van der Waals surface area (Å²) in [5, 5.41) is 2.81. The number of carbonyl (C=O) groups excluding carboxylic acids is 2. The monoisotopic (exact) mass is 438 g/mol. The van der Waals surface area contributed by atoms with Crippen LogP contribution < -0.4 is 10.1 Å². The fraction of sp³-hybridized carbons (Fsp3) is 0.636. The summed E-state index contributed by atoms with van der Waals surface area (Å²) in [6, 6.07) is 5.53. The summed E-state index contributed by atoms with van der Waals surface area (Å²) in [6.45, 7) is 4.07. The topological polar surface area (TPSA) is 65.1 Å². The molecule has 2 aliphatic rings. The summed E-state index contributed by atoms with van der Waals surface area (Å²) < 4.78 is 28.8. The van der Waals surface area contributed by atoms with Gasteiger partial charge in [-0.25, -0.2) is 0 Å². The minimum Gasteiger partial charge on any atom is -0.435 e. The molecule has 1 N–H and O–H groups in total. The number of amides is 2. The van der Waals surface area contributed by atoms with Crippen LogP contribution >= 0.6 is 0 Å². The Morgan fingerprint density at radius 3 is 2.16 bits per heavy atom. The van der Waals surface area contributed by atoms with E-state index in [4.69, 9.17) is 0 Å². The van der Waals surface area contributed by atoms with Gasteiger partial charge in [0.2, 0.25) is 11.8 Å². The van der Waals surface area contributed by atoms with E-state index in [0.29, 0.717) is 25.3 Å². The highest BCUT2D eigenvalue weighted by atomic mass is 19.3. The van der Waals surface area contributed by atoms with Crippen LogP contribution in [0.15, 0.2) is 24.3 Å². The average Bonchev–Trinajstić information content (AvgIpc) is 3.04. The molecule has 1 aromatic rings. The van der Waals surface area contributed by atoms with Crippen molar-refractivity contribution >= 4 is 17.5 Å². The maximum absolute atomic E-state index is 12.6. The quantitative estimate of drug-likeness (QED) is 0.709. The first kappa shape index (κ1) is 23.4. The molecule has 1 atom stereocenters. The lowest BCUT2D eigenvalue weighted by molar-refractivity contribution is -0.133. The van der Waals surface area contributed by atoms with Crippen LogP contribution in [0, 0.1) is 0 Å². The lowest BCUT2D eigenvalue weighted by Crippen LogP contribution is -2.54. The lowest BCUT2D eigenvalue weighted by Gasteiger charge is -2.37. The SMILES string of the molecule is C[C@H](C(=O)Nc1ccc(OC(F)F)cc1)N1CCN(CC(=O)N2CCCCCC2)CC1. The first-order valence-electron chi connectivity index (χ1n) is 11.0. The van der Waals surface area contributed by atoms with Crippen molar-refractivity contribution in [3.8, 4) is 5.75 Å². The van der Waals surface area contributed by atoms with Gasteiger partial charge in [0, 0.05) is 45.0 Å². The molecule has 0 radical (unpaired) electrons. The van der Waals surface area contributed by atoms with E-state index >= 15 is 0 Å². The second kappa shape index (κ2) is 11.4. The molecule has 2 aliphatic heterocycles. The maximum Gasteiger partial charge on any atom is 0.387 e. The molecule has 7 nitrogen and oxygen atoms in total. The molecule has 2 heterocycles. The van der Waals surface area contributed by atoms with Crippen LogP contribution in [0.2, 0.25) is 0 Å². The minimum absolute atomic E-state index is 0.0480. The second-order valence-electron chi connectivity index (χ2n) is 8.18. The number of piperazine rings is 1.